The van der Waals surface area contributed by atoms with Crippen LogP contribution >= 0.6 is 0 Å². The molecular weight excluding hydrogens is 164 g/mol. The quantitative estimate of drug-likeness (QED) is 0.620. The second kappa shape index (κ2) is 4.35. The molecule has 74 valence electrons. The molecule has 0 bridgehead atoms. The summed E-state index contributed by atoms with van der Waals surface area (Å²) in [5.74, 6) is 2.33. The molecule has 1 saturated heterocycles. The lowest BCUT2D eigenvalue weighted by atomic mass is 10.0. The highest BCUT2D eigenvalue weighted by atomic mass is 16.6. The lowest BCUT2D eigenvalue weighted by Gasteiger charge is -2.23. The average molecular weight is 182 g/mol. The van der Waals surface area contributed by atoms with Crippen molar-refractivity contribution in [3.05, 3.63) is 23.2 Å². The molecule has 1 aliphatic heterocycles. The second-order valence-corrected chi connectivity index (χ2v) is 3.52. The number of hydrogen-bond acceptors (Lipinski definition) is 2. The fourth-order valence-corrected chi connectivity index (χ4v) is 1.22. The van der Waals surface area contributed by atoms with Gasteiger partial charge in [-0.15, -0.1) is 0 Å². The zero-order valence-electron chi connectivity index (χ0n) is 8.89. The Kier molecular flexibility index (Phi) is 3.40. The van der Waals surface area contributed by atoms with Crippen molar-refractivity contribution in [1.82, 2.24) is 0 Å². The summed E-state index contributed by atoms with van der Waals surface area (Å²) in [6, 6.07) is 0. The molecule has 13 heavy (non-hydrogen) atoms. The smallest absolute Gasteiger partial charge is 0.160 e. The zero-order valence-corrected chi connectivity index (χ0v) is 8.89. The van der Waals surface area contributed by atoms with Gasteiger partial charge < -0.3 is 9.47 Å². The van der Waals surface area contributed by atoms with E-state index in [4.69, 9.17) is 9.47 Å². The van der Waals surface area contributed by atoms with Gasteiger partial charge in [-0.25, -0.2) is 0 Å². The lowest BCUT2D eigenvalue weighted by Crippen LogP contribution is -2.16. The van der Waals surface area contributed by atoms with Crippen LogP contribution in [0.2, 0.25) is 0 Å². The van der Waals surface area contributed by atoms with Crippen LogP contribution in [-0.4, -0.2) is 13.2 Å². The predicted octanol–water partition coefficient (Wildman–Crippen LogP) is 2.87. The van der Waals surface area contributed by atoms with Crippen LogP contribution in [0.4, 0.5) is 0 Å². The maximum atomic E-state index is 5.59. The first-order chi connectivity index (χ1) is 6.16. The standard InChI is InChI=1S/C11H18O2/c1-5-10-11(9(4)8(2)3)13-7-6-12-10/h5,8H,6-7H2,1-4H3/b10-5+,11-9-. The topological polar surface area (TPSA) is 18.5 Å². The second-order valence-electron chi connectivity index (χ2n) is 3.52. The molecule has 0 aromatic carbocycles. The third-order valence-electron chi connectivity index (χ3n) is 2.30. The van der Waals surface area contributed by atoms with Crippen LogP contribution in [0.3, 0.4) is 0 Å². The number of hydrogen-bond donors (Lipinski definition) is 0. The fraction of sp³-hybridized carbons (Fsp3) is 0.636. The molecule has 2 heteroatoms. The highest BCUT2D eigenvalue weighted by Crippen LogP contribution is 2.25. The number of allylic oxidation sites excluding steroid dienone is 2. The summed E-state index contributed by atoms with van der Waals surface area (Å²) >= 11 is 0. The van der Waals surface area contributed by atoms with Gasteiger partial charge in [0.15, 0.2) is 11.5 Å². The van der Waals surface area contributed by atoms with Crippen LogP contribution in [0.5, 0.6) is 0 Å². The molecule has 0 aliphatic carbocycles. The fourth-order valence-electron chi connectivity index (χ4n) is 1.22. The molecule has 0 N–H and O–H groups in total. The Morgan fingerprint density at radius 3 is 2.46 bits per heavy atom. The van der Waals surface area contributed by atoms with Crippen LogP contribution in [0.15, 0.2) is 23.2 Å². The van der Waals surface area contributed by atoms with Crippen molar-refractivity contribution in [3.8, 4) is 0 Å². The van der Waals surface area contributed by atoms with Crippen LogP contribution in [-0.2, 0) is 9.47 Å². The maximum absolute atomic E-state index is 5.59. The van der Waals surface area contributed by atoms with Crippen LogP contribution in [0.1, 0.15) is 27.7 Å². The first kappa shape index (κ1) is 10.2. The normalized spacial score (nSPS) is 24.2. The van der Waals surface area contributed by atoms with Gasteiger partial charge in [0.25, 0.3) is 0 Å². The van der Waals surface area contributed by atoms with Gasteiger partial charge in [-0.3, -0.25) is 0 Å². The molecule has 0 radical (unpaired) electrons. The van der Waals surface area contributed by atoms with E-state index in [1.807, 2.05) is 13.0 Å². The van der Waals surface area contributed by atoms with Crippen molar-refractivity contribution in [2.24, 2.45) is 5.92 Å². The van der Waals surface area contributed by atoms with E-state index in [1.54, 1.807) is 0 Å². The zero-order chi connectivity index (χ0) is 9.84. The van der Waals surface area contributed by atoms with Crippen molar-refractivity contribution in [2.45, 2.75) is 27.7 Å². The Hall–Kier alpha value is -0.920. The Labute approximate surface area is 80.2 Å². The number of ether oxygens (including phenoxy) is 2. The molecule has 2 nitrogen and oxygen atoms in total. The van der Waals surface area contributed by atoms with E-state index in [2.05, 4.69) is 20.8 Å². The van der Waals surface area contributed by atoms with E-state index in [-0.39, 0.29) is 0 Å². The summed E-state index contributed by atoms with van der Waals surface area (Å²) in [6.07, 6.45) is 1.96. The van der Waals surface area contributed by atoms with Crippen LogP contribution < -0.4 is 0 Å². The third-order valence-corrected chi connectivity index (χ3v) is 2.30. The largest absolute Gasteiger partial charge is 0.486 e. The number of rotatable bonds is 1. The monoisotopic (exact) mass is 182 g/mol. The van der Waals surface area contributed by atoms with Crippen molar-refractivity contribution >= 4 is 0 Å². The SMILES string of the molecule is C/C=C1/OCCO/C1=C(/C)C(C)C. The summed E-state index contributed by atoms with van der Waals surface area (Å²) in [4.78, 5) is 0. The Morgan fingerprint density at radius 1 is 1.31 bits per heavy atom. The first-order valence-corrected chi connectivity index (χ1v) is 4.79. The summed E-state index contributed by atoms with van der Waals surface area (Å²) < 4.78 is 11.1. The van der Waals surface area contributed by atoms with Gasteiger partial charge in [-0.1, -0.05) is 13.8 Å². The van der Waals surface area contributed by atoms with Gasteiger partial charge >= 0.3 is 0 Å². The van der Waals surface area contributed by atoms with Gasteiger partial charge in [0.1, 0.15) is 13.2 Å². The van der Waals surface area contributed by atoms with E-state index >= 15 is 0 Å². The molecule has 1 heterocycles. The lowest BCUT2D eigenvalue weighted by molar-refractivity contribution is 0.0564. The summed E-state index contributed by atoms with van der Waals surface area (Å²) in [7, 11) is 0. The molecule has 0 aromatic heterocycles. The summed E-state index contributed by atoms with van der Waals surface area (Å²) in [5.41, 5.74) is 1.26. The molecule has 0 saturated carbocycles. The highest BCUT2D eigenvalue weighted by molar-refractivity contribution is 5.26. The highest BCUT2D eigenvalue weighted by Gasteiger charge is 2.17. The van der Waals surface area contributed by atoms with Gasteiger partial charge in [-0.05, 0) is 31.4 Å². The minimum atomic E-state index is 0.506. The molecular formula is C11H18O2. The minimum absolute atomic E-state index is 0.506. The van der Waals surface area contributed by atoms with Gasteiger partial charge in [0.2, 0.25) is 0 Å². The van der Waals surface area contributed by atoms with Crippen LogP contribution in [0.25, 0.3) is 0 Å². The van der Waals surface area contributed by atoms with Crippen molar-refractivity contribution in [3.63, 3.8) is 0 Å². The van der Waals surface area contributed by atoms with Crippen LogP contribution in [0, 0.1) is 5.92 Å². The molecule has 0 amide bonds. The molecule has 1 fully saturated rings. The molecule has 0 unspecified atom stereocenters. The summed E-state index contributed by atoms with van der Waals surface area (Å²) in [6.45, 7) is 9.71. The molecule has 0 aromatic rings. The minimum Gasteiger partial charge on any atom is -0.486 e. The molecule has 1 aliphatic rings. The van der Waals surface area contributed by atoms with Gasteiger partial charge in [0, 0.05) is 0 Å². The van der Waals surface area contributed by atoms with Gasteiger partial charge in [-0.2, -0.15) is 0 Å². The van der Waals surface area contributed by atoms with E-state index in [0.717, 1.165) is 11.5 Å². The van der Waals surface area contributed by atoms with E-state index in [9.17, 15) is 0 Å². The van der Waals surface area contributed by atoms with E-state index in [0.29, 0.717) is 19.1 Å². The predicted molar refractivity (Wildman–Crippen MR) is 53.2 cm³/mol. The van der Waals surface area contributed by atoms with Gasteiger partial charge in [0.05, 0.1) is 0 Å². The van der Waals surface area contributed by atoms with Crippen molar-refractivity contribution in [1.29, 1.82) is 0 Å². The van der Waals surface area contributed by atoms with E-state index in [1.165, 1.54) is 5.57 Å². The molecule has 0 spiro atoms. The molecule has 1 rings (SSSR count). The maximum Gasteiger partial charge on any atom is 0.160 e. The Morgan fingerprint density at radius 2 is 1.92 bits per heavy atom. The Bertz CT molecular complexity index is 236. The Balaban J connectivity index is 2.92. The first-order valence-electron chi connectivity index (χ1n) is 4.79. The van der Waals surface area contributed by atoms with E-state index < -0.39 is 0 Å². The van der Waals surface area contributed by atoms with Crippen molar-refractivity contribution in [2.75, 3.05) is 13.2 Å². The third kappa shape index (κ3) is 2.27. The average Bonchev–Trinajstić information content (AvgIpc) is 2.16. The van der Waals surface area contributed by atoms with Crippen molar-refractivity contribution < 1.29 is 9.47 Å². The summed E-state index contributed by atoms with van der Waals surface area (Å²) in [5, 5.41) is 0. The molecule has 0 atom stereocenters.